The van der Waals surface area contributed by atoms with Crippen molar-refractivity contribution >= 4 is 11.8 Å². The van der Waals surface area contributed by atoms with Crippen LogP contribution < -0.4 is 0 Å². The van der Waals surface area contributed by atoms with Gasteiger partial charge in [-0.15, -0.1) is 11.8 Å². The number of unbranched alkanes of at least 4 members (excludes halogenated alkanes) is 1. The molecule has 0 saturated carbocycles. The predicted molar refractivity (Wildman–Crippen MR) is 90.7 cm³/mol. The highest BCUT2D eigenvalue weighted by molar-refractivity contribution is 8.04. The monoisotopic (exact) mass is 282 g/mol. The first-order valence-electron chi connectivity index (χ1n) is 7.53. The Morgan fingerprint density at radius 1 is 1.20 bits per heavy atom. The van der Waals surface area contributed by atoms with Crippen LogP contribution in [0.5, 0.6) is 0 Å². The van der Waals surface area contributed by atoms with Crippen molar-refractivity contribution < 1.29 is 0 Å². The number of fused-ring (bicyclic) bond motifs is 1. The zero-order valence-electron chi connectivity index (χ0n) is 12.3. The van der Waals surface area contributed by atoms with E-state index in [0.29, 0.717) is 11.2 Å². The molecule has 3 rings (SSSR count). The van der Waals surface area contributed by atoms with E-state index in [4.69, 9.17) is 0 Å². The quantitative estimate of drug-likeness (QED) is 0.458. The molecule has 1 atom stereocenters. The molecular weight excluding hydrogens is 260 g/mol. The molecule has 0 amide bonds. The van der Waals surface area contributed by atoms with Crippen molar-refractivity contribution in [1.82, 2.24) is 0 Å². The summed E-state index contributed by atoms with van der Waals surface area (Å²) in [6, 6.07) is 0. The lowest BCUT2D eigenvalue weighted by Crippen LogP contribution is -2.10. The summed E-state index contributed by atoms with van der Waals surface area (Å²) in [5.41, 5.74) is 4.58. The van der Waals surface area contributed by atoms with Crippen molar-refractivity contribution in [2.45, 2.75) is 38.4 Å². The van der Waals surface area contributed by atoms with Gasteiger partial charge in [-0.1, -0.05) is 48.1 Å². The lowest BCUT2D eigenvalue weighted by molar-refractivity contribution is 0.726. The van der Waals surface area contributed by atoms with Gasteiger partial charge in [0.05, 0.1) is 0 Å². The average molecular weight is 282 g/mol. The minimum Gasteiger partial charge on any atom is -0.118 e. The number of hydrogen-bond donors (Lipinski definition) is 0. The molecule has 0 N–H and O–H groups in total. The van der Waals surface area contributed by atoms with Crippen LogP contribution in [-0.2, 0) is 0 Å². The molecular formula is C19H22S. The van der Waals surface area contributed by atoms with Crippen LogP contribution in [0.25, 0.3) is 0 Å². The second kappa shape index (κ2) is 6.05. The van der Waals surface area contributed by atoms with Gasteiger partial charge < -0.3 is 0 Å². The van der Waals surface area contributed by atoms with Gasteiger partial charge in [0.1, 0.15) is 0 Å². The maximum atomic E-state index is 2.36. The van der Waals surface area contributed by atoms with Crippen molar-refractivity contribution in [3.63, 3.8) is 0 Å². The van der Waals surface area contributed by atoms with Gasteiger partial charge in [-0.3, -0.25) is 0 Å². The van der Waals surface area contributed by atoms with Crippen LogP contribution >= 0.6 is 11.8 Å². The Hall–Kier alpha value is -1.21. The first-order valence-corrected chi connectivity index (χ1v) is 8.41. The molecule has 0 aromatic heterocycles. The smallest absolute Gasteiger partial charge is 0.0322 e. The fourth-order valence-corrected chi connectivity index (χ4v) is 4.55. The molecule has 0 radical (unpaired) electrons. The summed E-state index contributed by atoms with van der Waals surface area (Å²) >= 11 is 2.07. The molecule has 2 aliphatic carbocycles. The van der Waals surface area contributed by atoms with Gasteiger partial charge in [0.25, 0.3) is 0 Å². The Kier molecular flexibility index (Phi) is 4.16. The zero-order chi connectivity index (χ0) is 13.9. The Labute approximate surface area is 126 Å². The lowest BCUT2D eigenvalue weighted by atomic mass is 9.90. The van der Waals surface area contributed by atoms with Gasteiger partial charge in [-0.05, 0) is 50.3 Å². The average Bonchev–Trinajstić information content (AvgIpc) is 3.09. The molecule has 0 bridgehead atoms. The first-order chi connectivity index (χ1) is 9.75. The highest BCUT2D eigenvalue weighted by atomic mass is 32.2. The summed E-state index contributed by atoms with van der Waals surface area (Å²) in [4.78, 5) is 1.49. The standard InChI is InChI=1S/C19H22S/c1-14(2)8-3-6-12-18-19(15-9-4-5-10-15)16-11-7-13-17(16)20-18/h4-5,7-11,13,15,18H,3,6,12H2,1-2H3. The summed E-state index contributed by atoms with van der Waals surface area (Å²) in [6.45, 7) is 4.37. The second-order valence-electron chi connectivity index (χ2n) is 5.87. The minimum absolute atomic E-state index is 0.527. The summed E-state index contributed by atoms with van der Waals surface area (Å²) in [7, 11) is 0. The van der Waals surface area contributed by atoms with Gasteiger partial charge in [-0.2, -0.15) is 0 Å². The van der Waals surface area contributed by atoms with Crippen LogP contribution in [0, 0.1) is 5.92 Å². The zero-order valence-corrected chi connectivity index (χ0v) is 13.1. The molecule has 3 aliphatic rings. The van der Waals surface area contributed by atoms with Crippen LogP contribution in [0.2, 0.25) is 0 Å². The number of hydrogen-bond acceptors (Lipinski definition) is 1. The molecule has 20 heavy (non-hydrogen) atoms. The van der Waals surface area contributed by atoms with Crippen LogP contribution in [0.4, 0.5) is 0 Å². The number of thioether (sulfide) groups is 1. The predicted octanol–water partition coefficient (Wildman–Crippen LogP) is 5.73. The van der Waals surface area contributed by atoms with E-state index in [9.17, 15) is 0 Å². The molecule has 1 unspecified atom stereocenters. The Morgan fingerprint density at radius 2 is 2.00 bits per heavy atom. The lowest BCUT2D eigenvalue weighted by Gasteiger charge is -2.17. The van der Waals surface area contributed by atoms with E-state index in [1.807, 2.05) is 0 Å². The van der Waals surface area contributed by atoms with Crippen LogP contribution in [0.1, 0.15) is 33.1 Å². The third-order valence-corrected chi connectivity index (χ3v) is 5.42. The Bertz CT molecular complexity index is 551. The Morgan fingerprint density at radius 3 is 2.75 bits per heavy atom. The van der Waals surface area contributed by atoms with E-state index < -0.39 is 0 Å². The SMILES string of the molecule is CC(C)=CCCCC1SC2=CC=CC2=C1C1C=CC=C1. The highest BCUT2D eigenvalue weighted by Gasteiger charge is 2.33. The fraction of sp³-hybridized carbons (Fsp3) is 0.368. The van der Waals surface area contributed by atoms with Gasteiger partial charge in [0.2, 0.25) is 0 Å². The summed E-state index contributed by atoms with van der Waals surface area (Å²) < 4.78 is 0. The Balaban J connectivity index is 1.72. The van der Waals surface area contributed by atoms with Crippen molar-refractivity contribution in [2.75, 3.05) is 0 Å². The number of allylic oxidation sites excluding steroid dienone is 10. The van der Waals surface area contributed by atoms with Crippen LogP contribution in [0.15, 0.2) is 70.2 Å². The molecule has 0 aromatic rings. The molecule has 0 saturated heterocycles. The normalized spacial score (nSPS) is 23.7. The van der Waals surface area contributed by atoms with Crippen molar-refractivity contribution in [2.24, 2.45) is 5.92 Å². The molecule has 0 fully saturated rings. The van der Waals surface area contributed by atoms with E-state index in [-0.39, 0.29) is 0 Å². The topological polar surface area (TPSA) is 0 Å². The molecule has 1 aliphatic heterocycles. The largest absolute Gasteiger partial charge is 0.118 e. The van der Waals surface area contributed by atoms with E-state index in [2.05, 4.69) is 74.2 Å². The third kappa shape index (κ3) is 2.78. The van der Waals surface area contributed by atoms with Crippen molar-refractivity contribution in [1.29, 1.82) is 0 Å². The van der Waals surface area contributed by atoms with E-state index in [0.717, 1.165) is 0 Å². The maximum absolute atomic E-state index is 2.36. The summed E-state index contributed by atoms with van der Waals surface area (Å²) in [6.07, 6.45) is 22.0. The second-order valence-corrected chi connectivity index (χ2v) is 7.12. The maximum Gasteiger partial charge on any atom is 0.0322 e. The van der Waals surface area contributed by atoms with Gasteiger partial charge in [0, 0.05) is 16.1 Å². The summed E-state index contributed by atoms with van der Waals surface area (Å²) in [5.74, 6) is 0.527. The van der Waals surface area contributed by atoms with E-state index in [1.165, 1.54) is 35.3 Å². The summed E-state index contributed by atoms with van der Waals surface area (Å²) in [5, 5.41) is 0.671. The van der Waals surface area contributed by atoms with Crippen LogP contribution in [-0.4, -0.2) is 5.25 Å². The van der Waals surface area contributed by atoms with Gasteiger partial charge in [-0.25, -0.2) is 0 Å². The molecule has 0 nitrogen and oxygen atoms in total. The van der Waals surface area contributed by atoms with Crippen molar-refractivity contribution in [3.05, 3.63) is 70.2 Å². The molecule has 1 heteroatoms. The van der Waals surface area contributed by atoms with Gasteiger partial charge in [0.15, 0.2) is 0 Å². The highest BCUT2D eigenvalue weighted by Crippen LogP contribution is 2.50. The van der Waals surface area contributed by atoms with Crippen LogP contribution in [0.3, 0.4) is 0 Å². The molecule has 0 spiro atoms. The van der Waals surface area contributed by atoms with Gasteiger partial charge >= 0.3 is 0 Å². The van der Waals surface area contributed by atoms with E-state index in [1.54, 1.807) is 5.57 Å². The van der Waals surface area contributed by atoms with E-state index >= 15 is 0 Å². The molecule has 104 valence electrons. The number of rotatable bonds is 5. The van der Waals surface area contributed by atoms with Crippen molar-refractivity contribution in [3.8, 4) is 0 Å². The third-order valence-electron chi connectivity index (χ3n) is 4.03. The molecule has 0 aromatic carbocycles. The minimum atomic E-state index is 0.527. The fourth-order valence-electron chi connectivity index (χ4n) is 3.08. The molecule has 1 heterocycles. The first kappa shape index (κ1) is 13.8.